The van der Waals surface area contributed by atoms with E-state index in [1.54, 1.807) is 5.31 Å². The monoisotopic (exact) mass is 474 g/mol. The zero-order chi connectivity index (χ0) is 22.5. The van der Waals surface area contributed by atoms with Gasteiger partial charge in [0.15, 0.2) is 0 Å². The van der Waals surface area contributed by atoms with Crippen LogP contribution in [-0.4, -0.2) is 17.0 Å². The Hall–Kier alpha value is -1.22. The fraction of sp³-hybridized carbons (Fsp3) is 0.484. The summed E-state index contributed by atoms with van der Waals surface area (Å²) in [5, 5.41) is 4.71. The van der Waals surface area contributed by atoms with E-state index < -0.39 is 7.92 Å². The minimum atomic E-state index is -0.474. The lowest BCUT2D eigenvalue weighted by molar-refractivity contribution is 0.479. The van der Waals surface area contributed by atoms with Gasteiger partial charge in [-0.15, -0.1) is 0 Å². The van der Waals surface area contributed by atoms with Crippen molar-refractivity contribution in [3.8, 4) is 0 Å². The van der Waals surface area contributed by atoms with E-state index in [0.717, 1.165) is 17.0 Å². The van der Waals surface area contributed by atoms with Gasteiger partial charge < -0.3 is 0 Å². The molecule has 2 aromatic rings. The van der Waals surface area contributed by atoms with Crippen molar-refractivity contribution >= 4 is 26.5 Å². The maximum atomic E-state index is 2.66. The predicted octanol–water partition coefficient (Wildman–Crippen LogP) is 8.73. The van der Waals surface area contributed by atoms with Crippen LogP contribution in [0.15, 0.2) is 84.2 Å². The zero-order valence-corrected chi connectivity index (χ0v) is 22.1. The molecule has 2 aromatic carbocycles. The van der Waals surface area contributed by atoms with Gasteiger partial charge in [-0.3, -0.25) is 0 Å². The minimum Gasteiger partial charge on any atom is -0.0965 e. The number of rotatable bonds is 7. The first-order chi connectivity index (χ1) is 16.3. The van der Waals surface area contributed by atoms with Crippen LogP contribution in [0.3, 0.4) is 0 Å². The number of hydrogen-bond donors (Lipinski definition) is 0. The van der Waals surface area contributed by atoms with Crippen LogP contribution in [0.1, 0.15) is 71.1 Å². The van der Waals surface area contributed by atoms with Gasteiger partial charge >= 0.3 is 0 Å². The predicted molar refractivity (Wildman–Crippen MR) is 150 cm³/mol. The summed E-state index contributed by atoms with van der Waals surface area (Å²) in [5.41, 5.74) is 2.83. The summed E-state index contributed by atoms with van der Waals surface area (Å²) in [6.45, 7) is 2.66. The van der Waals surface area contributed by atoms with Crippen LogP contribution in [0.5, 0.6) is 0 Å². The molecule has 2 atom stereocenters. The number of hydrogen-bond acceptors (Lipinski definition) is 0. The third-order valence-electron chi connectivity index (χ3n) is 8.20. The molecule has 2 heteroatoms. The Balaban J connectivity index is 1.47. The topological polar surface area (TPSA) is 0 Å². The van der Waals surface area contributed by atoms with Gasteiger partial charge in [0.1, 0.15) is 0 Å². The molecule has 0 amide bonds. The molecule has 3 aliphatic carbocycles. The number of allylic oxidation sites excluding steroid dienone is 4. The van der Waals surface area contributed by atoms with Gasteiger partial charge in [-0.1, -0.05) is 132 Å². The van der Waals surface area contributed by atoms with Crippen molar-refractivity contribution in [1.29, 1.82) is 0 Å². The molecule has 0 aromatic heterocycles. The standard InChI is InChI=1S/C31H40P2/c1-25(32(26-15-6-2-7-16-26)27-17-8-3-9-18-27)30-23-14-24-31(30)33(28-19-10-4-11-20-28)29-21-12-5-13-22-29/h4-5,10-14,19-27,30H,2-3,6-9,15-18H2,1H3. The molecule has 174 valence electrons. The number of benzene rings is 2. The van der Waals surface area contributed by atoms with Crippen molar-refractivity contribution in [3.05, 3.63) is 84.2 Å². The molecule has 2 saturated carbocycles. The first-order valence-electron chi connectivity index (χ1n) is 13.4. The lowest BCUT2D eigenvalue weighted by Gasteiger charge is -2.44. The van der Waals surface area contributed by atoms with E-state index >= 15 is 0 Å². The fourth-order valence-corrected chi connectivity index (χ4v) is 13.9. The van der Waals surface area contributed by atoms with Crippen molar-refractivity contribution in [2.45, 2.75) is 88.1 Å². The maximum Gasteiger partial charge on any atom is 0.00969 e. The first kappa shape index (κ1) is 23.5. The molecule has 0 radical (unpaired) electrons. The lowest BCUT2D eigenvalue weighted by atomic mass is 9.99. The SMILES string of the molecule is CC(C1C=CC=C1P(c1ccccc1)c1ccccc1)P(C1CCCCC1)C1CCCCC1. The molecule has 0 bridgehead atoms. The summed E-state index contributed by atoms with van der Waals surface area (Å²) in [6.07, 6.45) is 22.4. The van der Waals surface area contributed by atoms with E-state index in [4.69, 9.17) is 0 Å². The Bertz CT molecular complexity index is 862. The Morgan fingerprint density at radius 2 is 1.15 bits per heavy atom. The normalized spacial score (nSPS) is 23.2. The zero-order valence-electron chi connectivity index (χ0n) is 20.3. The molecule has 5 rings (SSSR count). The summed E-state index contributed by atoms with van der Waals surface area (Å²) in [7, 11) is -0.415. The van der Waals surface area contributed by atoms with Crippen molar-refractivity contribution in [2.24, 2.45) is 5.92 Å². The van der Waals surface area contributed by atoms with Crippen LogP contribution in [0.25, 0.3) is 0 Å². The smallest absolute Gasteiger partial charge is 0.00969 e. The molecule has 2 fully saturated rings. The van der Waals surface area contributed by atoms with E-state index in [9.17, 15) is 0 Å². The largest absolute Gasteiger partial charge is 0.0965 e. The van der Waals surface area contributed by atoms with Gasteiger partial charge in [0.25, 0.3) is 0 Å². The maximum absolute atomic E-state index is 2.66. The van der Waals surface area contributed by atoms with E-state index in [-0.39, 0.29) is 7.92 Å². The van der Waals surface area contributed by atoms with Crippen LogP contribution in [-0.2, 0) is 0 Å². The highest BCUT2D eigenvalue weighted by Gasteiger charge is 2.40. The van der Waals surface area contributed by atoms with Gasteiger partial charge in [-0.05, 0) is 66.5 Å². The van der Waals surface area contributed by atoms with E-state index in [1.165, 1.54) is 74.8 Å². The van der Waals surface area contributed by atoms with Gasteiger partial charge in [0, 0.05) is 5.92 Å². The molecule has 0 saturated heterocycles. The van der Waals surface area contributed by atoms with Gasteiger partial charge in [0.2, 0.25) is 0 Å². The molecule has 33 heavy (non-hydrogen) atoms. The highest BCUT2D eigenvalue weighted by Crippen LogP contribution is 2.63. The minimum absolute atomic E-state index is 0.0599. The fourth-order valence-electron chi connectivity index (χ4n) is 6.62. The van der Waals surface area contributed by atoms with Crippen molar-refractivity contribution in [3.63, 3.8) is 0 Å². The second kappa shape index (κ2) is 11.5. The summed E-state index contributed by atoms with van der Waals surface area (Å²) in [5.74, 6) is 0.617. The van der Waals surface area contributed by atoms with Crippen molar-refractivity contribution < 1.29 is 0 Å². The third kappa shape index (κ3) is 5.39. The third-order valence-corrected chi connectivity index (χ3v) is 14.8. The molecule has 2 unspecified atom stereocenters. The summed E-state index contributed by atoms with van der Waals surface area (Å²) >= 11 is 0. The molecular formula is C31H40P2. The van der Waals surface area contributed by atoms with E-state index in [1.807, 2.05) is 0 Å². The van der Waals surface area contributed by atoms with Crippen LogP contribution < -0.4 is 10.6 Å². The molecule has 0 aliphatic heterocycles. The second-order valence-electron chi connectivity index (χ2n) is 10.3. The van der Waals surface area contributed by atoms with Gasteiger partial charge in [-0.25, -0.2) is 0 Å². The Morgan fingerprint density at radius 3 is 1.64 bits per heavy atom. The van der Waals surface area contributed by atoms with Crippen LogP contribution >= 0.6 is 15.8 Å². The van der Waals surface area contributed by atoms with Gasteiger partial charge in [-0.2, -0.15) is 0 Å². The molecule has 0 spiro atoms. The summed E-state index contributed by atoms with van der Waals surface area (Å²) in [6, 6.07) is 22.7. The van der Waals surface area contributed by atoms with Gasteiger partial charge in [0.05, 0.1) is 0 Å². The van der Waals surface area contributed by atoms with Crippen molar-refractivity contribution in [2.75, 3.05) is 0 Å². The molecule has 0 nitrogen and oxygen atoms in total. The quantitative estimate of drug-likeness (QED) is 0.352. The van der Waals surface area contributed by atoms with Crippen molar-refractivity contribution in [1.82, 2.24) is 0 Å². The molecule has 0 heterocycles. The van der Waals surface area contributed by atoms with Crippen LogP contribution in [0.4, 0.5) is 0 Å². The molecule has 0 N–H and O–H groups in total. The highest BCUT2D eigenvalue weighted by atomic mass is 31.1. The first-order valence-corrected chi connectivity index (χ1v) is 16.3. The van der Waals surface area contributed by atoms with Crippen LogP contribution in [0.2, 0.25) is 0 Å². The average molecular weight is 475 g/mol. The lowest BCUT2D eigenvalue weighted by Crippen LogP contribution is -2.30. The Labute approximate surface area is 204 Å². The Morgan fingerprint density at radius 1 is 0.667 bits per heavy atom. The van der Waals surface area contributed by atoms with E-state index in [0.29, 0.717) is 5.92 Å². The molecular weight excluding hydrogens is 434 g/mol. The highest BCUT2D eigenvalue weighted by molar-refractivity contribution is 7.76. The van der Waals surface area contributed by atoms with E-state index in [2.05, 4.69) is 85.8 Å². The Kier molecular flexibility index (Phi) is 8.18. The second-order valence-corrected chi connectivity index (χ2v) is 15.7. The average Bonchev–Trinajstić information content (AvgIpc) is 3.36. The summed E-state index contributed by atoms with van der Waals surface area (Å²) in [4.78, 5) is 0. The molecule has 3 aliphatic rings. The van der Waals surface area contributed by atoms with Crippen LogP contribution in [0, 0.1) is 5.92 Å². The summed E-state index contributed by atoms with van der Waals surface area (Å²) < 4.78 is 0.